The van der Waals surface area contributed by atoms with Gasteiger partial charge in [0.15, 0.2) is 0 Å². The molecule has 0 bridgehead atoms. The first-order valence-electron chi connectivity index (χ1n) is 4.78. The molecule has 0 fully saturated rings. The Morgan fingerprint density at radius 2 is 2.21 bits per heavy atom. The second-order valence-corrected chi connectivity index (χ2v) is 3.74. The van der Waals surface area contributed by atoms with Crippen molar-refractivity contribution in [1.82, 2.24) is 10.3 Å². The van der Waals surface area contributed by atoms with Gasteiger partial charge in [-0.3, -0.25) is 9.78 Å². The van der Waals surface area contributed by atoms with Crippen molar-refractivity contribution in [3.8, 4) is 0 Å². The molecule has 3 heteroatoms. The lowest BCUT2D eigenvalue weighted by atomic mass is 10.2. The Hall–Kier alpha value is -1.38. The summed E-state index contributed by atoms with van der Waals surface area (Å²) in [4.78, 5) is 15.3. The predicted molar refractivity (Wildman–Crippen MR) is 55.7 cm³/mol. The standard InChI is InChI=1S/C11H16N2O/c1-8(2)11(14)13-7-10-4-9(3)5-12-6-10/h4-6,8H,7H2,1-3H3,(H,13,14). The van der Waals surface area contributed by atoms with Crippen molar-refractivity contribution in [2.24, 2.45) is 5.92 Å². The molecule has 0 radical (unpaired) electrons. The van der Waals surface area contributed by atoms with Gasteiger partial charge < -0.3 is 5.32 Å². The van der Waals surface area contributed by atoms with Crippen molar-refractivity contribution in [3.05, 3.63) is 29.6 Å². The third-order valence-electron chi connectivity index (χ3n) is 1.92. The number of hydrogen-bond donors (Lipinski definition) is 1. The second kappa shape index (κ2) is 4.74. The molecule has 0 aliphatic carbocycles. The lowest BCUT2D eigenvalue weighted by molar-refractivity contribution is -0.124. The first kappa shape index (κ1) is 10.7. The van der Waals surface area contributed by atoms with Gasteiger partial charge in [0.1, 0.15) is 0 Å². The summed E-state index contributed by atoms with van der Waals surface area (Å²) in [5, 5.41) is 2.85. The van der Waals surface area contributed by atoms with Gasteiger partial charge in [-0.1, -0.05) is 19.9 Å². The molecule has 0 saturated carbocycles. The number of rotatable bonds is 3. The molecule has 3 nitrogen and oxygen atoms in total. The smallest absolute Gasteiger partial charge is 0.222 e. The highest BCUT2D eigenvalue weighted by Crippen LogP contribution is 2.01. The van der Waals surface area contributed by atoms with Gasteiger partial charge in [0.2, 0.25) is 5.91 Å². The van der Waals surface area contributed by atoms with Crippen molar-refractivity contribution in [1.29, 1.82) is 0 Å². The van der Waals surface area contributed by atoms with E-state index < -0.39 is 0 Å². The van der Waals surface area contributed by atoms with E-state index in [2.05, 4.69) is 10.3 Å². The van der Waals surface area contributed by atoms with Crippen molar-refractivity contribution in [2.45, 2.75) is 27.3 Å². The first-order valence-corrected chi connectivity index (χ1v) is 4.78. The molecule has 1 amide bonds. The van der Waals surface area contributed by atoms with Gasteiger partial charge in [0.25, 0.3) is 0 Å². The predicted octanol–water partition coefficient (Wildman–Crippen LogP) is 1.66. The lowest BCUT2D eigenvalue weighted by Gasteiger charge is -2.07. The number of carbonyl (C=O) groups is 1. The van der Waals surface area contributed by atoms with Gasteiger partial charge in [-0.15, -0.1) is 0 Å². The molecule has 0 atom stereocenters. The molecule has 0 aliphatic rings. The van der Waals surface area contributed by atoms with Gasteiger partial charge >= 0.3 is 0 Å². The fraction of sp³-hybridized carbons (Fsp3) is 0.455. The van der Waals surface area contributed by atoms with Crippen molar-refractivity contribution in [3.63, 3.8) is 0 Å². The highest BCUT2D eigenvalue weighted by atomic mass is 16.1. The van der Waals surface area contributed by atoms with Crippen LogP contribution in [0.1, 0.15) is 25.0 Å². The molecule has 1 aromatic heterocycles. The SMILES string of the molecule is Cc1cncc(CNC(=O)C(C)C)c1. The Morgan fingerprint density at radius 1 is 1.50 bits per heavy atom. The largest absolute Gasteiger partial charge is 0.352 e. The fourth-order valence-electron chi connectivity index (χ4n) is 1.11. The van der Waals surface area contributed by atoms with Crippen molar-refractivity contribution >= 4 is 5.91 Å². The molecule has 1 N–H and O–H groups in total. The van der Waals surface area contributed by atoms with Gasteiger partial charge in [-0.25, -0.2) is 0 Å². The van der Waals surface area contributed by atoms with Crippen LogP contribution in [0.4, 0.5) is 0 Å². The number of aromatic nitrogens is 1. The Labute approximate surface area is 84.6 Å². The van der Waals surface area contributed by atoms with Crippen molar-refractivity contribution in [2.75, 3.05) is 0 Å². The van der Waals surface area contributed by atoms with Crippen LogP contribution in [0.25, 0.3) is 0 Å². The summed E-state index contributed by atoms with van der Waals surface area (Å²) >= 11 is 0. The number of pyridine rings is 1. The minimum absolute atomic E-state index is 0.0350. The first-order chi connectivity index (χ1) is 6.59. The number of amides is 1. The van der Waals surface area contributed by atoms with Crippen LogP contribution in [0.2, 0.25) is 0 Å². The number of nitrogens with zero attached hydrogens (tertiary/aromatic N) is 1. The summed E-state index contributed by atoms with van der Waals surface area (Å²) in [6.45, 7) is 6.31. The summed E-state index contributed by atoms with van der Waals surface area (Å²) in [6.07, 6.45) is 3.57. The molecule has 0 saturated heterocycles. The van der Waals surface area contributed by atoms with Crippen LogP contribution >= 0.6 is 0 Å². The quantitative estimate of drug-likeness (QED) is 0.791. The number of carbonyl (C=O) groups excluding carboxylic acids is 1. The molecular formula is C11H16N2O. The zero-order valence-corrected chi connectivity index (χ0v) is 8.87. The zero-order valence-electron chi connectivity index (χ0n) is 8.87. The van der Waals surface area contributed by atoms with Crippen LogP contribution in [0.15, 0.2) is 18.5 Å². The van der Waals surface area contributed by atoms with E-state index in [-0.39, 0.29) is 11.8 Å². The minimum atomic E-state index is 0.0350. The maximum absolute atomic E-state index is 11.3. The monoisotopic (exact) mass is 192 g/mol. The Kier molecular flexibility index (Phi) is 3.63. The van der Waals surface area contributed by atoms with E-state index in [9.17, 15) is 4.79 Å². The summed E-state index contributed by atoms with van der Waals surface area (Å²) in [5.74, 6) is 0.110. The van der Waals surface area contributed by atoms with Crippen LogP contribution in [-0.4, -0.2) is 10.9 Å². The van der Waals surface area contributed by atoms with Gasteiger partial charge in [0, 0.05) is 24.9 Å². The van der Waals surface area contributed by atoms with Gasteiger partial charge in [0.05, 0.1) is 0 Å². The maximum Gasteiger partial charge on any atom is 0.222 e. The molecule has 1 rings (SSSR count). The van der Waals surface area contributed by atoms with E-state index in [1.165, 1.54) is 0 Å². The average Bonchev–Trinajstić information content (AvgIpc) is 2.14. The third kappa shape index (κ3) is 3.17. The molecule has 0 spiro atoms. The number of nitrogens with one attached hydrogen (secondary N) is 1. The Balaban J connectivity index is 2.50. The molecule has 0 unspecified atom stereocenters. The molecule has 0 aliphatic heterocycles. The van der Waals surface area contributed by atoms with E-state index in [1.54, 1.807) is 12.4 Å². The van der Waals surface area contributed by atoms with E-state index in [4.69, 9.17) is 0 Å². The van der Waals surface area contributed by atoms with E-state index >= 15 is 0 Å². The maximum atomic E-state index is 11.3. The molecule has 1 aromatic rings. The summed E-state index contributed by atoms with van der Waals surface area (Å²) in [5.41, 5.74) is 2.15. The Morgan fingerprint density at radius 3 is 2.79 bits per heavy atom. The topological polar surface area (TPSA) is 42.0 Å². The highest BCUT2D eigenvalue weighted by molar-refractivity contribution is 5.77. The van der Waals surface area contributed by atoms with Crippen LogP contribution < -0.4 is 5.32 Å². The van der Waals surface area contributed by atoms with Crippen LogP contribution in [0.3, 0.4) is 0 Å². The molecule has 0 aromatic carbocycles. The van der Waals surface area contributed by atoms with Crippen LogP contribution in [0, 0.1) is 12.8 Å². The summed E-state index contributed by atoms with van der Waals surface area (Å²) in [7, 11) is 0. The third-order valence-corrected chi connectivity index (χ3v) is 1.92. The fourth-order valence-corrected chi connectivity index (χ4v) is 1.11. The Bertz CT molecular complexity index is 321. The second-order valence-electron chi connectivity index (χ2n) is 3.74. The van der Waals surface area contributed by atoms with E-state index in [1.807, 2.05) is 26.8 Å². The molecule has 1 heterocycles. The highest BCUT2D eigenvalue weighted by Gasteiger charge is 2.05. The molecular weight excluding hydrogens is 176 g/mol. The normalized spacial score (nSPS) is 10.3. The summed E-state index contributed by atoms with van der Waals surface area (Å²) < 4.78 is 0. The van der Waals surface area contributed by atoms with Gasteiger partial charge in [-0.05, 0) is 18.1 Å². The van der Waals surface area contributed by atoms with Crippen molar-refractivity contribution < 1.29 is 4.79 Å². The molecule has 14 heavy (non-hydrogen) atoms. The van der Waals surface area contributed by atoms with Crippen LogP contribution in [-0.2, 0) is 11.3 Å². The van der Waals surface area contributed by atoms with Gasteiger partial charge in [-0.2, -0.15) is 0 Å². The number of hydrogen-bond acceptors (Lipinski definition) is 2. The average molecular weight is 192 g/mol. The van der Waals surface area contributed by atoms with E-state index in [0.29, 0.717) is 6.54 Å². The molecule has 76 valence electrons. The van der Waals surface area contributed by atoms with Crippen LogP contribution in [0.5, 0.6) is 0 Å². The summed E-state index contributed by atoms with van der Waals surface area (Å²) in [6, 6.07) is 2.02. The van der Waals surface area contributed by atoms with E-state index in [0.717, 1.165) is 11.1 Å². The number of aryl methyl sites for hydroxylation is 1. The minimum Gasteiger partial charge on any atom is -0.352 e. The lowest BCUT2D eigenvalue weighted by Crippen LogP contribution is -2.27. The zero-order chi connectivity index (χ0) is 10.6.